The van der Waals surface area contributed by atoms with Crippen LogP contribution in [0.5, 0.6) is 0 Å². The molecule has 0 fully saturated rings. The Labute approximate surface area is 151 Å². The number of carbonyl (C=O) groups is 1. The number of nitrogens with zero attached hydrogens (tertiary/aromatic N) is 1. The number of carbonyl (C=O) groups excluding carboxylic acids is 1. The summed E-state index contributed by atoms with van der Waals surface area (Å²) in [6, 6.07) is 15.1. The van der Waals surface area contributed by atoms with Crippen LogP contribution in [0.25, 0.3) is 0 Å². The molecule has 1 N–H and O–H groups in total. The Balaban J connectivity index is 2.26. The molecule has 0 amide bonds. The molecule has 2 aromatic rings. The van der Waals surface area contributed by atoms with E-state index in [4.69, 9.17) is 21.6 Å². The molecule has 1 atom stereocenters. The number of hydrogen-bond acceptors (Lipinski definition) is 5. The molecule has 0 aromatic heterocycles. The Kier molecular flexibility index (Phi) is 6.53. The van der Waals surface area contributed by atoms with E-state index in [1.54, 1.807) is 48.5 Å². The molecule has 2 aromatic carbocycles. The monoisotopic (exact) mass is 378 g/mol. The number of ether oxygens (including phenoxy) is 1. The first kappa shape index (κ1) is 18.9. The summed E-state index contributed by atoms with van der Waals surface area (Å²) in [5, 5.41) is 8.97. The fourth-order valence-corrected chi connectivity index (χ4v) is 3.49. The molecule has 130 valence electrons. The van der Waals surface area contributed by atoms with Gasteiger partial charge in [0.05, 0.1) is 17.4 Å². The lowest BCUT2D eigenvalue weighted by atomic mass is 10.1. The first-order chi connectivity index (χ1) is 11.9. The highest BCUT2D eigenvalue weighted by Crippen LogP contribution is 2.22. The van der Waals surface area contributed by atoms with Gasteiger partial charge in [-0.1, -0.05) is 41.9 Å². The summed E-state index contributed by atoms with van der Waals surface area (Å²) in [6.07, 6.45) is -0.255. The molecule has 0 aliphatic rings. The maximum Gasteiger partial charge on any atom is 0.308 e. The molecular weight excluding hydrogens is 364 g/mol. The summed E-state index contributed by atoms with van der Waals surface area (Å²) < 4.78 is 32.3. The number of benzene rings is 2. The Morgan fingerprint density at radius 1 is 1.16 bits per heavy atom. The average molecular weight is 379 g/mol. The second-order valence-corrected chi connectivity index (χ2v) is 7.21. The molecule has 0 heterocycles. The topological polar surface area (TPSA) is 96.3 Å². The molecule has 2 rings (SSSR count). The lowest BCUT2D eigenvalue weighted by molar-refractivity contribution is -0.142. The van der Waals surface area contributed by atoms with E-state index in [2.05, 4.69) is 4.72 Å². The third-order valence-electron chi connectivity index (χ3n) is 3.29. The Morgan fingerprint density at radius 2 is 1.80 bits per heavy atom. The Morgan fingerprint density at radius 3 is 2.40 bits per heavy atom. The van der Waals surface area contributed by atoms with Crippen LogP contribution in [0.4, 0.5) is 0 Å². The molecular formula is C17H15ClN2O4S. The van der Waals surface area contributed by atoms with Gasteiger partial charge in [0.1, 0.15) is 6.07 Å². The molecule has 0 radical (unpaired) electrons. The average Bonchev–Trinajstić information content (AvgIpc) is 2.60. The highest BCUT2D eigenvalue weighted by atomic mass is 35.5. The van der Waals surface area contributed by atoms with Gasteiger partial charge in [-0.2, -0.15) is 5.26 Å². The third-order valence-corrected chi connectivity index (χ3v) is 5.03. The number of hydrogen-bond donors (Lipinski definition) is 1. The lowest BCUT2D eigenvalue weighted by Gasteiger charge is -2.18. The molecule has 8 heteroatoms. The van der Waals surface area contributed by atoms with Crippen molar-refractivity contribution in [3.05, 3.63) is 65.2 Å². The van der Waals surface area contributed by atoms with Crippen LogP contribution >= 0.6 is 11.6 Å². The van der Waals surface area contributed by atoms with Crippen molar-refractivity contribution in [2.45, 2.75) is 17.4 Å². The van der Waals surface area contributed by atoms with E-state index < -0.39 is 28.6 Å². The molecule has 0 aliphatic carbocycles. The lowest BCUT2D eigenvalue weighted by Crippen LogP contribution is -2.30. The van der Waals surface area contributed by atoms with Gasteiger partial charge in [-0.25, -0.2) is 13.1 Å². The summed E-state index contributed by atoms with van der Waals surface area (Å²) in [5.41, 5.74) is 0.554. The highest BCUT2D eigenvalue weighted by Gasteiger charge is 2.24. The van der Waals surface area contributed by atoms with Crippen molar-refractivity contribution in [1.82, 2.24) is 4.72 Å². The molecule has 6 nitrogen and oxygen atoms in total. The van der Waals surface area contributed by atoms with Crippen molar-refractivity contribution in [3.8, 4) is 6.07 Å². The van der Waals surface area contributed by atoms with Crippen LogP contribution in [0, 0.1) is 11.3 Å². The van der Waals surface area contributed by atoms with Crippen molar-refractivity contribution < 1.29 is 17.9 Å². The highest BCUT2D eigenvalue weighted by molar-refractivity contribution is 7.89. The van der Waals surface area contributed by atoms with Crippen LogP contribution in [0.2, 0.25) is 5.02 Å². The number of halogens is 1. The number of esters is 1. The van der Waals surface area contributed by atoms with E-state index in [-0.39, 0.29) is 11.3 Å². The summed E-state index contributed by atoms with van der Waals surface area (Å²) in [7, 11) is -3.84. The maximum absolute atomic E-state index is 12.5. The van der Waals surface area contributed by atoms with Crippen molar-refractivity contribution in [3.63, 3.8) is 0 Å². The molecule has 0 bridgehead atoms. The van der Waals surface area contributed by atoms with E-state index in [0.717, 1.165) is 0 Å². The second-order valence-electron chi connectivity index (χ2n) is 5.06. The molecule has 0 saturated heterocycles. The second kappa shape index (κ2) is 8.62. The van der Waals surface area contributed by atoms with Gasteiger partial charge >= 0.3 is 5.97 Å². The molecule has 0 saturated carbocycles. The van der Waals surface area contributed by atoms with Crippen LogP contribution in [0.3, 0.4) is 0 Å². The predicted molar refractivity (Wildman–Crippen MR) is 92.1 cm³/mol. The first-order valence-electron chi connectivity index (χ1n) is 7.28. The smallest absolute Gasteiger partial charge is 0.308 e. The van der Waals surface area contributed by atoms with Crippen LogP contribution in [0.15, 0.2) is 59.5 Å². The zero-order chi connectivity index (χ0) is 18.3. The van der Waals surface area contributed by atoms with E-state index in [1.807, 2.05) is 0 Å². The summed E-state index contributed by atoms with van der Waals surface area (Å²) >= 11 is 5.85. The summed E-state index contributed by atoms with van der Waals surface area (Å²) in [4.78, 5) is 11.9. The van der Waals surface area contributed by atoms with Gasteiger partial charge in [0.2, 0.25) is 10.0 Å². The summed E-state index contributed by atoms with van der Waals surface area (Å²) in [5.74, 6) is -0.683. The van der Waals surface area contributed by atoms with Gasteiger partial charge in [0.25, 0.3) is 0 Å². The molecule has 0 unspecified atom stereocenters. The number of nitriles is 1. The van der Waals surface area contributed by atoms with Gasteiger partial charge in [-0.15, -0.1) is 0 Å². The van der Waals surface area contributed by atoms with Crippen molar-refractivity contribution in [2.24, 2.45) is 0 Å². The summed E-state index contributed by atoms with van der Waals surface area (Å²) in [6.45, 7) is -0.391. The standard InChI is InChI=1S/C17H15ClN2O4S/c18-14-8-6-13(7-9-14)16(12-17(21)24-11-10-19)20-25(22,23)15-4-2-1-3-5-15/h1-9,16,20H,11-12H2/t16-/m0/s1. The van der Waals surface area contributed by atoms with E-state index in [9.17, 15) is 13.2 Å². The van der Waals surface area contributed by atoms with Crippen molar-refractivity contribution in [2.75, 3.05) is 6.61 Å². The quantitative estimate of drug-likeness (QED) is 0.747. The van der Waals surface area contributed by atoms with Crippen LogP contribution in [-0.2, 0) is 19.6 Å². The normalized spacial score (nSPS) is 12.2. The maximum atomic E-state index is 12.5. The third kappa shape index (κ3) is 5.57. The van der Waals surface area contributed by atoms with Crippen LogP contribution in [0.1, 0.15) is 18.0 Å². The zero-order valence-electron chi connectivity index (χ0n) is 13.1. The minimum absolute atomic E-state index is 0.0827. The molecule has 0 spiro atoms. The minimum atomic E-state index is -3.84. The van der Waals surface area contributed by atoms with Gasteiger partial charge in [-0.3, -0.25) is 4.79 Å². The van der Waals surface area contributed by atoms with E-state index in [0.29, 0.717) is 10.6 Å². The van der Waals surface area contributed by atoms with E-state index >= 15 is 0 Å². The Bertz CT molecular complexity index is 862. The van der Waals surface area contributed by atoms with Gasteiger partial charge < -0.3 is 4.74 Å². The Hall–Kier alpha value is -2.40. The SMILES string of the molecule is N#CCOC(=O)C[C@H](NS(=O)(=O)c1ccccc1)c1ccc(Cl)cc1. The van der Waals surface area contributed by atoms with Gasteiger partial charge in [0, 0.05) is 5.02 Å². The number of nitrogens with one attached hydrogen (secondary N) is 1. The fourth-order valence-electron chi connectivity index (χ4n) is 2.12. The largest absolute Gasteiger partial charge is 0.450 e. The first-order valence-corrected chi connectivity index (χ1v) is 9.14. The predicted octanol–water partition coefficient (Wildman–Crippen LogP) is 2.82. The van der Waals surface area contributed by atoms with E-state index in [1.165, 1.54) is 12.1 Å². The minimum Gasteiger partial charge on any atom is -0.450 e. The number of sulfonamides is 1. The number of rotatable bonds is 7. The molecule has 0 aliphatic heterocycles. The van der Waals surface area contributed by atoms with Crippen LogP contribution < -0.4 is 4.72 Å². The fraction of sp³-hybridized carbons (Fsp3) is 0.176. The molecule has 25 heavy (non-hydrogen) atoms. The van der Waals surface area contributed by atoms with Gasteiger partial charge in [0.15, 0.2) is 6.61 Å². The van der Waals surface area contributed by atoms with Crippen molar-refractivity contribution >= 4 is 27.6 Å². The zero-order valence-corrected chi connectivity index (χ0v) is 14.6. The van der Waals surface area contributed by atoms with Gasteiger partial charge in [-0.05, 0) is 29.8 Å². The van der Waals surface area contributed by atoms with Crippen molar-refractivity contribution in [1.29, 1.82) is 5.26 Å². The van der Waals surface area contributed by atoms with Crippen LogP contribution in [-0.4, -0.2) is 21.0 Å².